The van der Waals surface area contributed by atoms with Crippen LogP contribution in [0, 0.1) is 0 Å². The Morgan fingerprint density at radius 3 is 2.45 bits per heavy atom. The van der Waals surface area contributed by atoms with Gasteiger partial charge in [0.1, 0.15) is 0 Å². The number of ether oxygens (including phenoxy) is 2. The van der Waals surface area contributed by atoms with Gasteiger partial charge in [-0.15, -0.1) is 24.0 Å². The molecular weight excluding hydrogens is 483 g/mol. The molecule has 29 heavy (non-hydrogen) atoms. The van der Waals surface area contributed by atoms with Crippen molar-refractivity contribution in [1.82, 2.24) is 10.2 Å². The van der Waals surface area contributed by atoms with Crippen molar-refractivity contribution < 1.29 is 14.3 Å². The highest BCUT2D eigenvalue weighted by molar-refractivity contribution is 14.0. The zero-order valence-corrected chi connectivity index (χ0v) is 19.6. The molecule has 158 valence electrons. The van der Waals surface area contributed by atoms with Crippen molar-refractivity contribution in [2.45, 2.75) is 13.5 Å². The first-order chi connectivity index (χ1) is 13.5. The van der Waals surface area contributed by atoms with Gasteiger partial charge in [-0.25, -0.2) is 4.99 Å². The maximum absolute atomic E-state index is 11.9. The second-order valence-corrected chi connectivity index (χ2v) is 6.22. The van der Waals surface area contributed by atoms with Crippen LogP contribution < -0.4 is 20.1 Å². The van der Waals surface area contributed by atoms with E-state index >= 15 is 0 Å². The highest BCUT2D eigenvalue weighted by Gasteiger charge is 2.09. The molecule has 0 aliphatic heterocycles. The van der Waals surface area contributed by atoms with Crippen LogP contribution in [0.4, 0.5) is 5.69 Å². The Morgan fingerprint density at radius 1 is 1.10 bits per heavy atom. The predicted molar refractivity (Wildman–Crippen MR) is 127 cm³/mol. The summed E-state index contributed by atoms with van der Waals surface area (Å²) >= 11 is 0. The molecule has 0 saturated heterocycles. The minimum atomic E-state index is -0.0431. The van der Waals surface area contributed by atoms with Crippen LogP contribution in [-0.4, -0.2) is 51.1 Å². The minimum Gasteiger partial charge on any atom is -0.493 e. The van der Waals surface area contributed by atoms with Crippen molar-refractivity contribution in [3.05, 3.63) is 54.1 Å². The van der Waals surface area contributed by atoms with Gasteiger partial charge in [0.15, 0.2) is 17.5 Å². The van der Waals surface area contributed by atoms with Gasteiger partial charge >= 0.3 is 0 Å². The average molecular weight is 512 g/mol. The van der Waals surface area contributed by atoms with E-state index in [1.165, 1.54) is 4.90 Å². The van der Waals surface area contributed by atoms with E-state index in [0.29, 0.717) is 30.6 Å². The number of likely N-dealkylation sites (N-methyl/N-ethyl adjacent to an activating group) is 1. The molecule has 0 fully saturated rings. The Labute approximate surface area is 189 Å². The van der Waals surface area contributed by atoms with Crippen LogP contribution in [0.25, 0.3) is 0 Å². The van der Waals surface area contributed by atoms with Crippen LogP contribution in [0.3, 0.4) is 0 Å². The molecule has 0 radical (unpaired) electrons. The molecular formula is C21H29IN4O3. The number of carbonyl (C=O) groups is 1. The first-order valence-corrected chi connectivity index (χ1v) is 9.13. The first-order valence-electron chi connectivity index (χ1n) is 9.13. The molecule has 0 atom stereocenters. The van der Waals surface area contributed by atoms with Gasteiger partial charge in [-0.3, -0.25) is 4.79 Å². The third-order valence-corrected chi connectivity index (χ3v) is 3.89. The fraction of sp³-hybridized carbons (Fsp3) is 0.333. The van der Waals surface area contributed by atoms with E-state index < -0.39 is 0 Å². The van der Waals surface area contributed by atoms with Gasteiger partial charge in [-0.05, 0) is 24.6 Å². The second-order valence-electron chi connectivity index (χ2n) is 6.22. The van der Waals surface area contributed by atoms with Crippen molar-refractivity contribution in [3.8, 4) is 11.5 Å². The molecule has 2 aromatic rings. The van der Waals surface area contributed by atoms with Crippen molar-refractivity contribution >= 4 is 41.5 Å². The van der Waals surface area contributed by atoms with Gasteiger partial charge in [-0.1, -0.05) is 30.3 Å². The average Bonchev–Trinajstić information content (AvgIpc) is 2.71. The summed E-state index contributed by atoms with van der Waals surface area (Å²) in [6.45, 7) is 3.11. The van der Waals surface area contributed by atoms with Gasteiger partial charge in [0.2, 0.25) is 5.91 Å². The molecule has 1 amide bonds. The number of rotatable bonds is 8. The fourth-order valence-corrected chi connectivity index (χ4v) is 2.37. The summed E-state index contributed by atoms with van der Waals surface area (Å²) in [6, 6.07) is 15.5. The Balaban J connectivity index is 0.00000420. The number of methoxy groups -OCH3 is 1. The number of amides is 1. The SMILES string of the molecule is CCOc1ccc(NC(=NCc2ccccc2)NCC(=O)N(C)C)cc1OC.I. The van der Waals surface area contributed by atoms with Crippen LogP contribution in [0.15, 0.2) is 53.5 Å². The molecule has 0 aromatic heterocycles. The van der Waals surface area contributed by atoms with Crippen LogP contribution in [-0.2, 0) is 11.3 Å². The second kappa shape index (κ2) is 12.9. The summed E-state index contributed by atoms with van der Waals surface area (Å²) in [6.07, 6.45) is 0. The summed E-state index contributed by atoms with van der Waals surface area (Å²) in [5.74, 6) is 1.76. The van der Waals surface area contributed by atoms with Crippen molar-refractivity contribution in [2.24, 2.45) is 4.99 Å². The standard InChI is InChI=1S/C21H28N4O3.HI/c1-5-28-18-12-11-17(13-19(18)27-4)24-21(23-15-20(26)25(2)3)22-14-16-9-7-6-8-10-16;/h6-13H,5,14-15H2,1-4H3,(H2,22,23,24);1H. The number of anilines is 1. The molecule has 7 nitrogen and oxygen atoms in total. The number of nitrogens with zero attached hydrogens (tertiary/aromatic N) is 2. The molecule has 0 unspecified atom stereocenters. The summed E-state index contributed by atoms with van der Waals surface area (Å²) in [5, 5.41) is 6.29. The van der Waals surface area contributed by atoms with Crippen LogP contribution in [0.1, 0.15) is 12.5 Å². The van der Waals surface area contributed by atoms with Crippen LogP contribution in [0.5, 0.6) is 11.5 Å². The zero-order chi connectivity index (χ0) is 20.4. The van der Waals surface area contributed by atoms with E-state index in [2.05, 4.69) is 15.6 Å². The van der Waals surface area contributed by atoms with Crippen LogP contribution >= 0.6 is 24.0 Å². The first kappa shape index (κ1) is 24.5. The number of aliphatic imine (C=N–C) groups is 1. The molecule has 0 saturated carbocycles. The maximum atomic E-state index is 11.9. The molecule has 2 rings (SSSR count). The van der Waals surface area contributed by atoms with Crippen molar-refractivity contribution in [3.63, 3.8) is 0 Å². The normalized spacial score (nSPS) is 10.6. The van der Waals surface area contributed by atoms with E-state index in [9.17, 15) is 4.79 Å². The van der Waals surface area contributed by atoms with E-state index in [1.54, 1.807) is 21.2 Å². The van der Waals surface area contributed by atoms with Crippen molar-refractivity contribution in [1.29, 1.82) is 0 Å². The molecule has 0 spiro atoms. The molecule has 0 bridgehead atoms. The summed E-state index contributed by atoms with van der Waals surface area (Å²) in [7, 11) is 5.03. The quantitative estimate of drug-likeness (QED) is 0.323. The van der Waals surface area contributed by atoms with E-state index in [1.807, 2.05) is 55.5 Å². The highest BCUT2D eigenvalue weighted by Crippen LogP contribution is 2.30. The third kappa shape index (κ3) is 8.18. The number of hydrogen-bond acceptors (Lipinski definition) is 4. The fourth-order valence-electron chi connectivity index (χ4n) is 2.37. The lowest BCUT2D eigenvalue weighted by molar-refractivity contribution is -0.127. The van der Waals surface area contributed by atoms with E-state index in [4.69, 9.17) is 9.47 Å². The maximum Gasteiger partial charge on any atom is 0.241 e. The summed E-state index contributed by atoms with van der Waals surface area (Å²) < 4.78 is 10.9. The van der Waals surface area contributed by atoms with E-state index in [-0.39, 0.29) is 36.4 Å². The third-order valence-electron chi connectivity index (χ3n) is 3.89. The number of halogens is 1. The lowest BCUT2D eigenvalue weighted by Gasteiger charge is -2.16. The minimum absolute atomic E-state index is 0. The number of carbonyl (C=O) groups excluding carboxylic acids is 1. The topological polar surface area (TPSA) is 75.2 Å². The Bertz CT molecular complexity index is 798. The molecule has 0 aliphatic rings. The zero-order valence-electron chi connectivity index (χ0n) is 17.3. The monoisotopic (exact) mass is 512 g/mol. The Hall–Kier alpha value is -2.49. The molecule has 2 N–H and O–H groups in total. The molecule has 0 aliphatic carbocycles. The summed E-state index contributed by atoms with van der Waals surface area (Å²) in [5.41, 5.74) is 1.85. The molecule has 8 heteroatoms. The lowest BCUT2D eigenvalue weighted by Crippen LogP contribution is -2.39. The van der Waals surface area contributed by atoms with Crippen LogP contribution in [0.2, 0.25) is 0 Å². The smallest absolute Gasteiger partial charge is 0.241 e. The van der Waals surface area contributed by atoms with Gasteiger partial charge < -0.3 is 25.0 Å². The molecule has 2 aromatic carbocycles. The number of hydrogen-bond donors (Lipinski definition) is 2. The summed E-state index contributed by atoms with van der Waals surface area (Å²) in [4.78, 5) is 18.1. The lowest BCUT2D eigenvalue weighted by atomic mass is 10.2. The van der Waals surface area contributed by atoms with Crippen molar-refractivity contribution in [2.75, 3.05) is 39.7 Å². The van der Waals surface area contributed by atoms with Gasteiger partial charge in [0, 0.05) is 25.8 Å². The number of nitrogens with one attached hydrogen (secondary N) is 2. The Morgan fingerprint density at radius 2 is 1.83 bits per heavy atom. The van der Waals surface area contributed by atoms with Gasteiger partial charge in [0.05, 0.1) is 26.8 Å². The highest BCUT2D eigenvalue weighted by atomic mass is 127. The van der Waals surface area contributed by atoms with Gasteiger partial charge in [0.25, 0.3) is 0 Å². The molecule has 0 heterocycles. The van der Waals surface area contributed by atoms with E-state index in [0.717, 1.165) is 11.3 Å². The van der Waals surface area contributed by atoms with Gasteiger partial charge in [-0.2, -0.15) is 0 Å². The largest absolute Gasteiger partial charge is 0.493 e. The number of benzene rings is 2. The predicted octanol–water partition coefficient (Wildman–Crippen LogP) is 3.36. The number of guanidine groups is 1. The Kier molecular flexibility index (Phi) is 10.9.